The van der Waals surface area contributed by atoms with Crippen LogP contribution in [0.5, 0.6) is 0 Å². The number of amides is 1. The quantitative estimate of drug-likeness (QED) is 0.855. The first-order valence-corrected chi connectivity index (χ1v) is 7.12. The molecule has 0 bridgehead atoms. The number of hydrogen-bond acceptors (Lipinski definition) is 3. The zero-order valence-corrected chi connectivity index (χ0v) is 13.0. The average molecular weight is 268 g/mol. The van der Waals surface area contributed by atoms with Crippen LogP contribution in [0.15, 0.2) is 12.3 Å². The highest BCUT2D eigenvalue weighted by atomic mass is 16.6. The van der Waals surface area contributed by atoms with Gasteiger partial charge in [0.1, 0.15) is 5.60 Å². The Morgan fingerprint density at radius 2 is 2.05 bits per heavy atom. The average Bonchev–Trinajstić information content (AvgIpc) is 2.26. The zero-order valence-electron chi connectivity index (χ0n) is 13.0. The van der Waals surface area contributed by atoms with E-state index < -0.39 is 5.60 Å². The molecule has 1 saturated heterocycles. The molecule has 1 fully saturated rings. The second kappa shape index (κ2) is 6.31. The summed E-state index contributed by atoms with van der Waals surface area (Å²) < 4.78 is 5.42. The summed E-state index contributed by atoms with van der Waals surface area (Å²) >= 11 is 0. The van der Waals surface area contributed by atoms with Gasteiger partial charge in [0.2, 0.25) is 0 Å². The third kappa shape index (κ3) is 5.53. The number of nitrogens with one attached hydrogen (secondary N) is 1. The minimum atomic E-state index is -0.433. The lowest BCUT2D eigenvalue weighted by molar-refractivity contribution is 0.0180. The Kier molecular flexibility index (Phi) is 5.27. The van der Waals surface area contributed by atoms with Crippen molar-refractivity contribution in [1.29, 1.82) is 0 Å². The number of carbonyl (C=O) groups excluding carboxylic acids is 1. The fraction of sp³-hybridized carbons (Fsp3) is 0.800. The Morgan fingerprint density at radius 1 is 1.42 bits per heavy atom. The molecule has 1 rings (SSSR count). The van der Waals surface area contributed by atoms with Crippen LogP contribution < -0.4 is 5.32 Å². The molecule has 1 aliphatic rings. The fourth-order valence-electron chi connectivity index (χ4n) is 2.24. The lowest BCUT2D eigenvalue weighted by Crippen LogP contribution is -2.44. The van der Waals surface area contributed by atoms with Crippen LogP contribution in [0.4, 0.5) is 4.79 Å². The van der Waals surface area contributed by atoms with E-state index in [-0.39, 0.29) is 6.09 Å². The van der Waals surface area contributed by atoms with Crippen molar-refractivity contribution in [2.45, 2.75) is 59.1 Å². The van der Waals surface area contributed by atoms with Crippen LogP contribution in [0.1, 0.15) is 47.5 Å². The van der Waals surface area contributed by atoms with Gasteiger partial charge in [0.05, 0.1) is 0 Å². The Hall–Kier alpha value is -1.19. The van der Waals surface area contributed by atoms with Crippen molar-refractivity contribution in [1.82, 2.24) is 10.2 Å². The number of piperidine rings is 1. The van der Waals surface area contributed by atoms with Gasteiger partial charge < -0.3 is 15.0 Å². The number of rotatable bonds is 3. The summed E-state index contributed by atoms with van der Waals surface area (Å²) in [4.78, 5) is 13.9. The Labute approximate surface area is 117 Å². The first-order chi connectivity index (χ1) is 8.69. The fourth-order valence-corrected chi connectivity index (χ4v) is 2.24. The summed E-state index contributed by atoms with van der Waals surface area (Å²) in [6.45, 7) is 15.5. The molecule has 1 heterocycles. The van der Waals surface area contributed by atoms with Gasteiger partial charge in [-0.15, -0.1) is 0 Å². The highest BCUT2D eigenvalue weighted by Gasteiger charge is 2.28. The minimum Gasteiger partial charge on any atom is -0.444 e. The molecule has 1 amide bonds. The number of ether oxygens (including phenoxy) is 1. The molecule has 4 heteroatoms. The van der Waals surface area contributed by atoms with Crippen LogP contribution in [0.2, 0.25) is 0 Å². The van der Waals surface area contributed by atoms with Crippen molar-refractivity contribution < 1.29 is 9.53 Å². The molecule has 110 valence electrons. The highest BCUT2D eigenvalue weighted by Crippen LogP contribution is 2.23. The van der Waals surface area contributed by atoms with Gasteiger partial charge in [-0.3, -0.25) is 0 Å². The maximum atomic E-state index is 12.1. The van der Waals surface area contributed by atoms with Crippen LogP contribution in [-0.4, -0.2) is 35.7 Å². The molecule has 0 radical (unpaired) electrons. The lowest BCUT2D eigenvalue weighted by atomic mass is 9.95. The molecular weight excluding hydrogens is 240 g/mol. The lowest BCUT2D eigenvalue weighted by Gasteiger charge is -2.35. The third-order valence-corrected chi connectivity index (χ3v) is 3.04. The van der Waals surface area contributed by atoms with Crippen molar-refractivity contribution in [2.75, 3.05) is 13.1 Å². The molecule has 0 aromatic rings. The second-order valence-corrected chi connectivity index (χ2v) is 6.59. The van der Waals surface area contributed by atoms with Crippen LogP contribution in [0, 0.1) is 5.92 Å². The number of hydrogen-bond donors (Lipinski definition) is 1. The van der Waals surface area contributed by atoms with Gasteiger partial charge in [0.25, 0.3) is 0 Å². The van der Waals surface area contributed by atoms with Crippen molar-refractivity contribution in [3.05, 3.63) is 12.3 Å². The number of carbonyl (C=O) groups is 1. The van der Waals surface area contributed by atoms with E-state index in [1.54, 1.807) is 4.90 Å². The molecule has 0 spiro atoms. The predicted molar refractivity (Wildman–Crippen MR) is 77.9 cm³/mol. The van der Waals surface area contributed by atoms with Crippen molar-refractivity contribution >= 4 is 6.09 Å². The molecule has 0 aliphatic carbocycles. The zero-order chi connectivity index (χ0) is 14.6. The second-order valence-electron chi connectivity index (χ2n) is 6.59. The first-order valence-electron chi connectivity index (χ1n) is 7.12. The highest BCUT2D eigenvalue weighted by molar-refractivity contribution is 5.68. The molecule has 1 N–H and O–H groups in total. The SMILES string of the molecule is C=C(NC(C)C)C1CCCN(C(=O)OC(C)(C)C)C1. The van der Waals surface area contributed by atoms with Gasteiger partial charge in [0, 0.05) is 30.7 Å². The minimum absolute atomic E-state index is 0.213. The van der Waals surface area contributed by atoms with Gasteiger partial charge in [-0.25, -0.2) is 4.79 Å². The van der Waals surface area contributed by atoms with E-state index in [4.69, 9.17) is 4.74 Å². The van der Waals surface area contributed by atoms with Crippen LogP contribution in [0.3, 0.4) is 0 Å². The van der Waals surface area contributed by atoms with Crippen LogP contribution >= 0.6 is 0 Å². The standard InChI is InChI=1S/C15H28N2O2/c1-11(2)16-12(3)13-8-7-9-17(10-13)14(18)19-15(4,5)6/h11,13,16H,3,7-10H2,1-2,4-6H3. The van der Waals surface area contributed by atoms with Crippen LogP contribution in [-0.2, 0) is 4.74 Å². The normalized spacial score (nSPS) is 20.3. The van der Waals surface area contributed by atoms with Crippen LogP contribution in [0.25, 0.3) is 0 Å². The molecule has 0 aromatic heterocycles. The maximum Gasteiger partial charge on any atom is 0.410 e. The Bertz CT molecular complexity index is 332. The predicted octanol–water partition coefficient (Wildman–Crippen LogP) is 3.15. The maximum absolute atomic E-state index is 12.1. The van der Waals surface area contributed by atoms with Gasteiger partial charge in [0.15, 0.2) is 0 Å². The van der Waals surface area contributed by atoms with E-state index in [1.165, 1.54) is 0 Å². The van der Waals surface area contributed by atoms with E-state index in [9.17, 15) is 4.79 Å². The molecule has 4 nitrogen and oxygen atoms in total. The summed E-state index contributed by atoms with van der Waals surface area (Å²) in [6.07, 6.45) is 1.87. The summed E-state index contributed by atoms with van der Waals surface area (Å²) in [7, 11) is 0. The summed E-state index contributed by atoms with van der Waals surface area (Å²) in [5.74, 6) is 0.323. The van der Waals surface area contributed by atoms with Crippen molar-refractivity contribution in [3.8, 4) is 0 Å². The summed E-state index contributed by atoms with van der Waals surface area (Å²) in [6, 6.07) is 0.379. The Balaban J connectivity index is 2.54. The summed E-state index contributed by atoms with van der Waals surface area (Å²) in [5.41, 5.74) is 0.597. The molecule has 1 atom stereocenters. The number of nitrogens with zero attached hydrogens (tertiary/aromatic N) is 1. The monoisotopic (exact) mass is 268 g/mol. The van der Waals surface area contributed by atoms with Gasteiger partial charge in [-0.2, -0.15) is 0 Å². The van der Waals surface area contributed by atoms with Gasteiger partial charge in [-0.1, -0.05) is 6.58 Å². The van der Waals surface area contributed by atoms with Gasteiger partial charge >= 0.3 is 6.09 Å². The van der Waals surface area contributed by atoms with E-state index in [2.05, 4.69) is 25.7 Å². The molecule has 0 aromatic carbocycles. The van der Waals surface area contributed by atoms with E-state index in [0.717, 1.165) is 25.1 Å². The van der Waals surface area contributed by atoms with Gasteiger partial charge in [-0.05, 0) is 47.5 Å². The third-order valence-electron chi connectivity index (χ3n) is 3.04. The van der Waals surface area contributed by atoms with Crippen molar-refractivity contribution in [3.63, 3.8) is 0 Å². The smallest absolute Gasteiger partial charge is 0.410 e. The molecule has 1 aliphatic heterocycles. The first kappa shape index (κ1) is 15.9. The Morgan fingerprint density at radius 3 is 2.58 bits per heavy atom. The topological polar surface area (TPSA) is 41.6 Å². The van der Waals surface area contributed by atoms with E-state index in [1.807, 2.05) is 20.8 Å². The van der Waals surface area contributed by atoms with Crippen molar-refractivity contribution in [2.24, 2.45) is 5.92 Å². The molecular formula is C15H28N2O2. The molecule has 19 heavy (non-hydrogen) atoms. The molecule has 1 unspecified atom stereocenters. The van der Waals surface area contributed by atoms with E-state index in [0.29, 0.717) is 18.5 Å². The summed E-state index contributed by atoms with van der Waals surface area (Å²) in [5, 5.41) is 3.35. The largest absolute Gasteiger partial charge is 0.444 e. The van der Waals surface area contributed by atoms with E-state index >= 15 is 0 Å². The number of likely N-dealkylation sites (tertiary alicyclic amines) is 1. The molecule has 0 saturated carbocycles.